The Morgan fingerprint density at radius 1 is 1.13 bits per heavy atom. The summed E-state index contributed by atoms with van der Waals surface area (Å²) in [6.45, 7) is -0.338. The molecule has 1 saturated carbocycles. The first-order valence-corrected chi connectivity index (χ1v) is 11.1. The number of thiophene rings is 1. The number of rotatable bonds is 5. The molecule has 0 unspecified atom stereocenters. The van der Waals surface area contributed by atoms with Crippen molar-refractivity contribution in [2.24, 2.45) is 0 Å². The second-order valence-corrected chi connectivity index (χ2v) is 8.86. The normalized spacial score (nSPS) is 19.4. The first-order valence-electron chi connectivity index (χ1n) is 10.2. The van der Waals surface area contributed by atoms with Gasteiger partial charge in [0.2, 0.25) is 5.91 Å². The molecule has 2 aliphatic rings. The fourth-order valence-corrected chi connectivity index (χ4v) is 5.07. The third-order valence-corrected chi connectivity index (χ3v) is 6.78. The van der Waals surface area contributed by atoms with Gasteiger partial charge in [-0.05, 0) is 42.0 Å². The van der Waals surface area contributed by atoms with Gasteiger partial charge >= 0.3 is 6.03 Å². The number of imide groups is 1. The third kappa shape index (κ3) is 4.09. The molecule has 8 heteroatoms. The van der Waals surface area contributed by atoms with Gasteiger partial charge in [-0.15, -0.1) is 11.3 Å². The third-order valence-electron chi connectivity index (χ3n) is 5.84. The molecule has 1 aliphatic heterocycles. The zero-order valence-corrected chi connectivity index (χ0v) is 17.3. The lowest BCUT2D eigenvalue weighted by Crippen LogP contribution is -2.47. The minimum atomic E-state index is -0.863. The molecule has 4 rings (SSSR count). The number of carbonyl (C=O) groups excluding carboxylic acids is 3. The summed E-state index contributed by atoms with van der Waals surface area (Å²) in [6.07, 6.45) is 5.09. The molecule has 1 aliphatic carbocycles. The van der Waals surface area contributed by atoms with Crippen LogP contribution in [0.2, 0.25) is 0 Å². The van der Waals surface area contributed by atoms with E-state index in [0.717, 1.165) is 41.0 Å². The topological polar surface area (TPSA) is 78.5 Å². The van der Waals surface area contributed by atoms with Crippen LogP contribution < -0.4 is 10.6 Å². The second-order valence-electron chi connectivity index (χ2n) is 7.89. The molecule has 0 bridgehead atoms. The minimum Gasteiger partial charge on any atom is -0.343 e. The Bertz CT molecular complexity index is 922. The maximum absolute atomic E-state index is 13.3. The van der Waals surface area contributed by atoms with Gasteiger partial charge in [0.05, 0.1) is 6.04 Å². The molecule has 1 aromatic carbocycles. The first kappa shape index (κ1) is 20.5. The van der Waals surface area contributed by atoms with Crippen molar-refractivity contribution >= 4 is 29.2 Å². The number of halogens is 1. The SMILES string of the molecule is O=C(CN1C(=O)NC2(CCCCCC2)C1=O)N[C@H](c1ccc(F)cc1)c1cccs1. The van der Waals surface area contributed by atoms with E-state index in [1.807, 2.05) is 17.5 Å². The van der Waals surface area contributed by atoms with Crippen molar-refractivity contribution in [1.29, 1.82) is 0 Å². The molecule has 2 heterocycles. The van der Waals surface area contributed by atoms with Crippen LogP contribution in [0.1, 0.15) is 55.0 Å². The number of hydrogen-bond donors (Lipinski definition) is 2. The number of nitrogens with zero attached hydrogens (tertiary/aromatic N) is 1. The molecule has 0 radical (unpaired) electrons. The van der Waals surface area contributed by atoms with E-state index >= 15 is 0 Å². The van der Waals surface area contributed by atoms with E-state index in [0.29, 0.717) is 12.8 Å². The average Bonchev–Trinajstić information content (AvgIpc) is 3.25. The molecule has 1 atom stereocenters. The quantitative estimate of drug-likeness (QED) is 0.711. The van der Waals surface area contributed by atoms with Gasteiger partial charge in [0, 0.05) is 4.88 Å². The van der Waals surface area contributed by atoms with E-state index in [4.69, 9.17) is 0 Å². The standard InChI is InChI=1S/C22H24FN3O3S/c23-16-9-7-15(8-10-16)19(17-6-5-13-30-17)24-18(27)14-26-20(28)22(25-21(26)29)11-3-1-2-4-12-22/h5-10,13,19H,1-4,11-12,14H2,(H,24,27)(H,25,29)/t19-/m1/s1. The van der Waals surface area contributed by atoms with Crippen LogP contribution >= 0.6 is 11.3 Å². The second kappa shape index (κ2) is 8.55. The zero-order chi connectivity index (χ0) is 21.1. The van der Waals surface area contributed by atoms with Crippen molar-refractivity contribution in [1.82, 2.24) is 15.5 Å². The molecule has 158 valence electrons. The highest BCUT2D eigenvalue weighted by Crippen LogP contribution is 2.33. The molecular weight excluding hydrogens is 405 g/mol. The maximum Gasteiger partial charge on any atom is 0.325 e. The summed E-state index contributed by atoms with van der Waals surface area (Å²) in [5, 5.41) is 7.65. The molecule has 4 amide bonds. The van der Waals surface area contributed by atoms with Crippen molar-refractivity contribution < 1.29 is 18.8 Å². The predicted molar refractivity (Wildman–Crippen MR) is 111 cm³/mol. The summed E-state index contributed by atoms with van der Waals surface area (Å²) < 4.78 is 13.3. The molecular formula is C22H24FN3O3S. The summed E-state index contributed by atoms with van der Waals surface area (Å²) >= 11 is 1.47. The van der Waals surface area contributed by atoms with E-state index in [9.17, 15) is 18.8 Å². The summed E-state index contributed by atoms with van der Waals surface area (Å²) in [6, 6.07) is 8.69. The lowest BCUT2D eigenvalue weighted by atomic mass is 9.90. The highest BCUT2D eigenvalue weighted by molar-refractivity contribution is 7.10. The molecule has 2 aromatic rings. The van der Waals surface area contributed by atoms with Crippen LogP contribution in [0.5, 0.6) is 0 Å². The summed E-state index contributed by atoms with van der Waals surface area (Å²) in [5.41, 5.74) is -0.137. The van der Waals surface area contributed by atoms with E-state index in [2.05, 4.69) is 10.6 Å². The van der Waals surface area contributed by atoms with Gasteiger partial charge in [0.25, 0.3) is 5.91 Å². The lowest BCUT2D eigenvalue weighted by Gasteiger charge is -2.25. The van der Waals surface area contributed by atoms with Gasteiger partial charge in [-0.25, -0.2) is 9.18 Å². The fourth-order valence-electron chi connectivity index (χ4n) is 4.27. The number of carbonyl (C=O) groups is 3. The van der Waals surface area contributed by atoms with Crippen LogP contribution in [0.4, 0.5) is 9.18 Å². The van der Waals surface area contributed by atoms with Crippen LogP contribution in [0.25, 0.3) is 0 Å². The van der Waals surface area contributed by atoms with E-state index in [1.54, 1.807) is 12.1 Å². The Labute approximate surface area is 178 Å². The van der Waals surface area contributed by atoms with Crippen molar-refractivity contribution in [2.45, 2.75) is 50.1 Å². The van der Waals surface area contributed by atoms with Crippen LogP contribution in [-0.2, 0) is 9.59 Å². The van der Waals surface area contributed by atoms with Gasteiger partial charge in [0.15, 0.2) is 0 Å². The van der Waals surface area contributed by atoms with Crippen LogP contribution in [-0.4, -0.2) is 34.8 Å². The maximum atomic E-state index is 13.3. The Morgan fingerprint density at radius 3 is 2.47 bits per heavy atom. The Balaban J connectivity index is 1.49. The number of nitrogens with one attached hydrogen (secondary N) is 2. The Kier molecular flexibility index (Phi) is 5.85. The van der Waals surface area contributed by atoms with Crippen LogP contribution in [0.3, 0.4) is 0 Å². The highest BCUT2D eigenvalue weighted by Gasteiger charge is 2.51. The molecule has 1 saturated heterocycles. The summed E-state index contributed by atoms with van der Waals surface area (Å²) in [4.78, 5) is 40.3. The lowest BCUT2D eigenvalue weighted by molar-refractivity contribution is -0.135. The van der Waals surface area contributed by atoms with Gasteiger partial charge < -0.3 is 10.6 Å². The average molecular weight is 430 g/mol. The highest BCUT2D eigenvalue weighted by atomic mass is 32.1. The number of urea groups is 1. The summed E-state index contributed by atoms with van der Waals surface area (Å²) in [7, 11) is 0. The van der Waals surface area contributed by atoms with Gasteiger partial charge in [-0.2, -0.15) is 0 Å². The van der Waals surface area contributed by atoms with Crippen molar-refractivity contribution in [3.05, 3.63) is 58.0 Å². The smallest absolute Gasteiger partial charge is 0.325 e. The predicted octanol–water partition coefficient (Wildman–Crippen LogP) is 3.74. The Morgan fingerprint density at radius 2 is 1.83 bits per heavy atom. The first-order chi connectivity index (χ1) is 14.5. The van der Waals surface area contributed by atoms with Gasteiger partial charge in [0.1, 0.15) is 17.9 Å². The van der Waals surface area contributed by atoms with Crippen LogP contribution in [0, 0.1) is 5.82 Å². The van der Waals surface area contributed by atoms with E-state index in [-0.39, 0.29) is 18.3 Å². The van der Waals surface area contributed by atoms with Crippen LogP contribution in [0.15, 0.2) is 41.8 Å². The molecule has 1 spiro atoms. The molecule has 2 fully saturated rings. The van der Waals surface area contributed by atoms with E-state index in [1.165, 1.54) is 23.5 Å². The monoisotopic (exact) mass is 429 g/mol. The van der Waals surface area contributed by atoms with Crippen molar-refractivity contribution in [3.8, 4) is 0 Å². The van der Waals surface area contributed by atoms with Crippen molar-refractivity contribution in [3.63, 3.8) is 0 Å². The largest absolute Gasteiger partial charge is 0.343 e. The molecule has 1 aromatic heterocycles. The number of hydrogen-bond acceptors (Lipinski definition) is 4. The van der Waals surface area contributed by atoms with E-state index < -0.39 is 23.5 Å². The zero-order valence-electron chi connectivity index (χ0n) is 16.5. The van der Waals surface area contributed by atoms with Gasteiger partial charge in [-0.1, -0.05) is 43.9 Å². The molecule has 30 heavy (non-hydrogen) atoms. The van der Waals surface area contributed by atoms with Gasteiger partial charge in [-0.3, -0.25) is 14.5 Å². The molecule has 6 nitrogen and oxygen atoms in total. The fraction of sp³-hybridized carbons (Fsp3) is 0.409. The number of amides is 4. The minimum absolute atomic E-state index is 0.306. The number of benzene rings is 1. The van der Waals surface area contributed by atoms with Crippen molar-refractivity contribution in [2.75, 3.05) is 6.54 Å². The molecule has 2 N–H and O–H groups in total. The summed E-state index contributed by atoms with van der Waals surface area (Å²) in [5.74, 6) is -1.10. The Hall–Kier alpha value is -2.74.